The van der Waals surface area contributed by atoms with E-state index >= 15 is 0 Å². The van der Waals surface area contributed by atoms with E-state index in [-0.39, 0.29) is 5.82 Å². The molecule has 1 saturated heterocycles. The number of hydrogen-bond acceptors (Lipinski definition) is 4. The summed E-state index contributed by atoms with van der Waals surface area (Å²) in [4.78, 5) is 2.30. The number of nitrogens with zero attached hydrogens (tertiary/aromatic N) is 4. The molecule has 0 unspecified atom stereocenters. The summed E-state index contributed by atoms with van der Waals surface area (Å²) in [7, 11) is 0. The van der Waals surface area contributed by atoms with Gasteiger partial charge in [0, 0.05) is 13.1 Å². The van der Waals surface area contributed by atoms with E-state index in [4.69, 9.17) is 0 Å². The quantitative estimate of drug-likeness (QED) is 0.929. The Balaban J connectivity index is 1.58. The van der Waals surface area contributed by atoms with Crippen LogP contribution in [0.2, 0.25) is 0 Å². The molecule has 1 aromatic heterocycles. The predicted molar refractivity (Wildman–Crippen MR) is 73.1 cm³/mol. The second kappa shape index (κ2) is 5.92. The van der Waals surface area contributed by atoms with Crippen LogP contribution in [0.5, 0.6) is 0 Å². The zero-order valence-corrected chi connectivity index (χ0v) is 11.1. The molecule has 1 aliphatic heterocycles. The number of likely N-dealkylation sites (tertiary alicyclic amines) is 1. The number of piperidine rings is 1. The lowest BCUT2D eigenvalue weighted by atomic mass is 10.0. The van der Waals surface area contributed by atoms with Gasteiger partial charge in [-0.3, -0.25) is 4.90 Å². The molecule has 1 aliphatic rings. The number of aromatic amines is 1. The molecule has 1 N–H and O–H groups in total. The van der Waals surface area contributed by atoms with E-state index in [0.717, 1.165) is 43.9 Å². The third-order valence-corrected chi connectivity index (χ3v) is 3.47. The summed E-state index contributed by atoms with van der Waals surface area (Å²) in [6.45, 7) is 2.66. The summed E-state index contributed by atoms with van der Waals surface area (Å²) in [6, 6.07) is 6.71. The Morgan fingerprint density at radius 1 is 1.30 bits per heavy atom. The van der Waals surface area contributed by atoms with Crippen LogP contribution in [-0.2, 0) is 6.54 Å². The van der Waals surface area contributed by atoms with Crippen molar-refractivity contribution in [1.82, 2.24) is 25.5 Å². The van der Waals surface area contributed by atoms with Gasteiger partial charge in [-0.1, -0.05) is 29.0 Å². The van der Waals surface area contributed by atoms with Crippen LogP contribution < -0.4 is 0 Å². The van der Waals surface area contributed by atoms with Gasteiger partial charge in [0.2, 0.25) is 0 Å². The number of benzene rings is 1. The van der Waals surface area contributed by atoms with Gasteiger partial charge in [0.05, 0.1) is 6.54 Å². The first-order valence-electron chi connectivity index (χ1n) is 6.69. The number of tetrazole rings is 1. The summed E-state index contributed by atoms with van der Waals surface area (Å²) in [5.74, 6) is 0.538. The van der Waals surface area contributed by atoms with Gasteiger partial charge in [0.1, 0.15) is 5.82 Å². The fraction of sp³-hybridized carbons (Fsp3) is 0.357. The summed E-state index contributed by atoms with van der Waals surface area (Å²) in [5, 5.41) is 13.9. The first kappa shape index (κ1) is 12.9. The SMILES string of the molecule is Fc1cccc(C=C2CCN(Cc3nn[nH]n3)CC2)c1. The lowest BCUT2D eigenvalue weighted by Crippen LogP contribution is -2.30. The van der Waals surface area contributed by atoms with E-state index in [1.54, 1.807) is 12.1 Å². The smallest absolute Gasteiger partial charge is 0.188 e. The van der Waals surface area contributed by atoms with Gasteiger partial charge in [-0.15, -0.1) is 10.2 Å². The zero-order chi connectivity index (χ0) is 13.8. The van der Waals surface area contributed by atoms with Crippen LogP contribution >= 0.6 is 0 Å². The summed E-state index contributed by atoms with van der Waals surface area (Å²) < 4.78 is 13.1. The molecule has 2 heterocycles. The fourth-order valence-corrected chi connectivity index (χ4v) is 2.42. The Morgan fingerprint density at radius 2 is 2.15 bits per heavy atom. The van der Waals surface area contributed by atoms with Gasteiger partial charge in [-0.2, -0.15) is 5.21 Å². The number of H-pyrrole nitrogens is 1. The minimum atomic E-state index is -0.186. The molecule has 0 radical (unpaired) electrons. The molecule has 5 nitrogen and oxygen atoms in total. The second-order valence-corrected chi connectivity index (χ2v) is 4.96. The highest BCUT2D eigenvalue weighted by molar-refractivity contribution is 5.53. The van der Waals surface area contributed by atoms with Crippen molar-refractivity contribution in [2.24, 2.45) is 0 Å². The van der Waals surface area contributed by atoms with Crippen LogP contribution in [0.25, 0.3) is 6.08 Å². The standard InChI is InChI=1S/C14H16FN5/c15-13-3-1-2-12(9-13)8-11-4-6-20(7-5-11)10-14-16-18-19-17-14/h1-3,8-9H,4-7,10H2,(H,16,17,18,19). The Hall–Kier alpha value is -2.08. The molecular formula is C14H16FN5. The Morgan fingerprint density at radius 3 is 2.85 bits per heavy atom. The lowest BCUT2D eigenvalue weighted by molar-refractivity contribution is 0.243. The number of aromatic nitrogens is 4. The molecule has 0 amide bonds. The normalized spacial score (nSPS) is 16.4. The average Bonchev–Trinajstić information content (AvgIpc) is 2.94. The molecule has 0 saturated carbocycles. The maximum atomic E-state index is 13.1. The lowest BCUT2D eigenvalue weighted by Gasteiger charge is -2.27. The Labute approximate surface area is 116 Å². The van der Waals surface area contributed by atoms with E-state index in [2.05, 4.69) is 31.6 Å². The minimum Gasteiger partial charge on any atom is -0.295 e. The van der Waals surface area contributed by atoms with Crippen molar-refractivity contribution < 1.29 is 4.39 Å². The van der Waals surface area contributed by atoms with E-state index < -0.39 is 0 Å². The molecule has 1 fully saturated rings. The Kier molecular flexibility index (Phi) is 3.83. The topological polar surface area (TPSA) is 57.7 Å². The zero-order valence-electron chi connectivity index (χ0n) is 11.1. The van der Waals surface area contributed by atoms with Gasteiger partial charge in [-0.05, 0) is 30.5 Å². The van der Waals surface area contributed by atoms with Gasteiger partial charge in [0.15, 0.2) is 5.82 Å². The number of rotatable bonds is 3. The first-order chi connectivity index (χ1) is 9.79. The van der Waals surface area contributed by atoms with E-state index in [0.29, 0.717) is 0 Å². The van der Waals surface area contributed by atoms with Gasteiger partial charge >= 0.3 is 0 Å². The van der Waals surface area contributed by atoms with Crippen LogP contribution in [0.1, 0.15) is 24.2 Å². The molecule has 1 aromatic carbocycles. The minimum absolute atomic E-state index is 0.186. The second-order valence-electron chi connectivity index (χ2n) is 4.96. The first-order valence-corrected chi connectivity index (χ1v) is 6.69. The van der Waals surface area contributed by atoms with Crippen LogP contribution in [0.3, 0.4) is 0 Å². The summed E-state index contributed by atoms with van der Waals surface area (Å²) in [5.41, 5.74) is 2.30. The van der Waals surface area contributed by atoms with Crippen molar-refractivity contribution in [3.63, 3.8) is 0 Å². The molecule has 0 aliphatic carbocycles. The summed E-state index contributed by atoms with van der Waals surface area (Å²) in [6.07, 6.45) is 4.08. The fourth-order valence-electron chi connectivity index (χ4n) is 2.42. The van der Waals surface area contributed by atoms with Crippen LogP contribution in [-0.4, -0.2) is 38.6 Å². The molecule has 0 bridgehead atoms. The van der Waals surface area contributed by atoms with Crippen molar-refractivity contribution in [3.8, 4) is 0 Å². The monoisotopic (exact) mass is 273 g/mol. The van der Waals surface area contributed by atoms with Crippen molar-refractivity contribution in [1.29, 1.82) is 0 Å². The molecule has 3 rings (SSSR count). The van der Waals surface area contributed by atoms with Crippen molar-refractivity contribution in [2.75, 3.05) is 13.1 Å². The maximum absolute atomic E-state index is 13.1. The largest absolute Gasteiger partial charge is 0.295 e. The molecule has 20 heavy (non-hydrogen) atoms. The average molecular weight is 273 g/mol. The third kappa shape index (κ3) is 3.27. The highest BCUT2D eigenvalue weighted by Gasteiger charge is 2.15. The van der Waals surface area contributed by atoms with Gasteiger partial charge in [-0.25, -0.2) is 4.39 Å². The number of hydrogen-bond donors (Lipinski definition) is 1. The van der Waals surface area contributed by atoms with Crippen LogP contribution in [0, 0.1) is 5.82 Å². The Bertz CT molecular complexity index is 583. The number of nitrogens with one attached hydrogen (secondary N) is 1. The number of halogens is 1. The molecule has 0 spiro atoms. The molecule has 0 atom stereocenters. The summed E-state index contributed by atoms with van der Waals surface area (Å²) >= 11 is 0. The van der Waals surface area contributed by atoms with Crippen molar-refractivity contribution >= 4 is 6.08 Å². The van der Waals surface area contributed by atoms with E-state index in [9.17, 15) is 4.39 Å². The highest BCUT2D eigenvalue weighted by Crippen LogP contribution is 2.20. The van der Waals surface area contributed by atoms with Gasteiger partial charge < -0.3 is 0 Å². The molecule has 104 valence electrons. The van der Waals surface area contributed by atoms with E-state index in [1.807, 2.05) is 6.07 Å². The van der Waals surface area contributed by atoms with E-state index in [1.165, 1.54) is 11.6 Å². The van der Waals surface area contributed by atoms with Crippen LogP contribution in [0.4, 0.5) is 4.39 Å². The van der Waals surface area contributed by atoms with Crippen LogP contribution in [0.15, 0.2) is 29.8 Å². The molecular weight excluding hydrogens is 257 g/mol. The molecule has 2 aromatic rings. The predicted octanol–water partition coefficient (Wildman–Crippen LogP) is 2.02. The molecule has 6 heteroatoms. The van der Waals surface area contributed by atoms with Gasteiger partial charge in [0.25, 0.3) is 0 Å². The third-order valence-electron chi connectivity index (χ3n) is 3.47. The van der Waals surface area contributed by atoms with Crippen molar-refractivity contribution in [3.05, 3.63) is 47.0 Å². The highest BCUT2D eigenvalue weighted by atomic mass is 19.1. The maximum Gasteiger partial charge on any atom is 0.188 e. The van der Waals surface area contributed by atoms with Crippen molar-refractivity contribution in [2.45, 2.75) is 19.4 Å².